The van der Waals surface area contributed by atoms with Crippen LogP contribution >= 0.6 is 15.9 Å². The lowest BCUT2D eigenvalue weighted by atomic mass is 9.98. The molecule has 0 radical (unpaired) electrons. The highest BCUT2D eigenvalue weighted by atomic mass is 79.9. The lowest BCUT2D eigenvalue weighted by molar-refractivity contribution is 0.138. The topological polar surface area (TPSA) is 58.6 Å². The van der Waals surface area contributed by atoms with Gasteiger partial charge in [0.2, 0.25) is 0 Å². The van der Waals surface area contributed by atoms with E-state index in [-0.39, 0.29) is 37.4 Å². The molecule has 4 rings (SSSR count). The molecule has 2 N–H and O–H groups in total. The molecule has 4 nitrogen and oxygen atoms in total. The van der Waals surface area contributed by atoms with Gasteiger partial charge in [-0.15, -0.1) is 0 Å². The van der Waals surface area contributed by atoms with Gasteiger partial charge >= 0.3 is 6.09 Å². The van der Waals surface area contributed by atoms with Gasteiger partial charge in [0, 0.05) is 29.5 Å². The van der Waals surface area contributed by atoms with Gasteiger partial charge in [0.25, 0.3) is 0 Å². The second-order valence-corrected chi connectivity index (χ2v) is 8.65. The van der Waals surface area contributed by atoms with Crippen LogP contribution in [-0.4, -0.2) is 31.0 Å². The number of aliphatic hydroxyl groups excluding tert-OH is 1. The third-order valence-electron chi connectivity index (χ3n) is 5.58. The molecular formula is C25H23BrFNO3. The number of hydrogen-bond acceptors (Lipinski definition) is 3. The zero-order valence-electron chi connectivity index (χ0n) is 16.9. The molecule has 1 amide bonds. The fourth-order valence-corrected chi connectivity index (χ4v) is 4.65. The first kappa shape index (κ1) is 21.5. The summed E-state index contributed by atoms with van der Waals surface area (Å²) in [6.45, 7) is 0.347. The van der Waals surface area contributed by atoms with E-state index in [1.54, 1.807) is 6.07 Å². The fraction of sp³-hybridized carbons (Fsp3) is 0.240. The first-order valence-corrected chi connectivity index (χ1v) is 11.0. The minimum atomic E-state index is -0.527. The van der Waals surface area contributed by atoms with Crippen molar-refractivity contribution in [1.82, 2.24) is 5.32 Å². The molecule has 0 fully saturated rings. The summed E-state index contributed by atoms with van der Waals surface area (Å²) in [6, 6.07) is 20.9. The third kappa shape index (κ3) is 4.97. The maximum atomic E-state index is 13.6. The summed E-state index contributed by atoms with van der Waals surface area (Å²) in [6.07, 6.45) is -0.0861. The monoisotopic (exact) mass is 483 g/mol. The van der Waals surface area contributed by atoms with Crippen LogP contribution in [0.3, 0.4) is 0 Å². The normalized spacial score (nSPS) is 13.4. The number of aliphatic hydroxyl groups is 1. The predicted molar refractivity (Wildman–Crippen MR) is 121 cm³/mol. The zero-order valence-corrected chi connectivity index (χ0v) is 18.4. The average Bonchev–Trinajstić information content (AvgIpc) is 3.08. The number of carbonyl (C=O) groups is 1. The summed E-state index contributed by atoms with van der Waals surface area (Å²) >= 11 is 3.27. The van der Waals surface area contributed by atoms with Crippen LogP contribution in [0, 0.1) is 11.7 Å². The molecule has 0 saturated heterocycles. The van der Waals surface area contributed by atoms with Crippen molar-refractivity contribution in [2.24, 2.45) is 5.92 Å². The second-order valence-electron chi connectivity index (χ2n) is 7.74. The van der Waals surface area contributed by atoms with E-state index in [2.05, 4.69) is 45.5 Å². The first-order chi connectivity index (χ1) is 15.0. The molecule has 3 aromatic carbocycles. The molecule has 1 atom stereocenters. The highest BCUT2D eigenvalue weighted by Gasteiger charge is 2.29. The van der Waals surface area contributed by atoms with Gasteiger partial charge in [0.15, 0.2) is 0 Å². The van der Waals surface area contributed by atoms with E-state index in [9.17, 15) is 14.3 Å². The molecule has 0 spiro atoms. The Kier molecular flexibility index (Phi) is 6.68. The number of benzene rings is 3. The van der Waals surface area contributed by atoms with E-state index in [1.807, 2.05) is 24.3 Å². The van der Waals surface area contributed by atoms with Crippen molar-refractivity contribution < 1.29 is 19.0 Å². The molecule has 1 aliphatic rings. The lowest BCUT2D eigenvalue weighted by Crippen LogP contribution is -2.33. The molecular weight excluding hydrogens is 461 g/mol. The van der Waals surface area contributed by atoms with Crippen LogP contribution in [0.4, 0.5) is 9.18 Å². The Labute approximate surface area is 189 Å². The minimum Gasteiger partial charge on any atom is -0.449 e. The Hall–Kier alpha value is -2.70. The van der Waals surface area contributed by atoms with Crippen LogP contribution in [0.25, 0.3) is 11.1 Å². The Morgan fingerprint density at radius 3 is 2.32 bits per heavy atom. The predicted octanol–water partition coefficient (Wildman–Crippen LogP) is 5.28. The number of rotatable bonds is 7. The third-order valence-corrected chi connectivity index (χ3v) is 6.04. The molecule has 0 heterocycles. The Balaban J connectivity index is 1.34. The van der Waals surface area contributed by atoms with E-state index >= 15 is 0 Å². The highest BCUT2D eigenvalue weighted by molar-refractivity contribution is 9.10. The molecule has 6 heteroatoms. The zero-order chi connectivity index (χ0) is 21.8. The van der Waals surface area contributed by atoms with Gasteiger partial charge < -0.3 is 15.2 Å². The summed E-state index contributed by atoms with van der Waals surface area (Å²) in [5.74, 6) is -0.587. The SMILES string of the molecule is O=C(NCC(CO)Cc1cc(F)cc(Br)c1)OCC1c2ccccc2-c2ccccc21. The molecule has 0 aromatic heterocycles. The van der Waals surface area contributed by atoms with Crippen LogP contribution in [0.5, 0.6) is 0 Å². The van der Waals surface area contributed by atoms with Gasteiger partial charge in [-0.05, 0) is 52.4 Å². The van der Waals surface area contributed by atoms with Gasteiger partial charge in [-0.25, -0.2) is 9.18 Å². The van der Waals surface area contributed by atoms with E-state index in [4.69, 9.17) is 4.74 Å². The van der Waals surface area contributed by atoms with Crippen molar-refractivity contribution in [3.05, 3.63) is 93.7 Å². The number of nitrogens with one attached hydrogen (secondary N) is 1. The van der Waals surface area contributed by atoms with E-state index < -0.39 is 6.09 Å². The smallest absolute Gasteiger partial charge is 0.407 e. The molecule has 160 valence electrons. The van der Waals surface area contributed by atoms with Gasteiger partial charge in [0.1, 0.15) is 12.4 Å². The van der Waals surface area contributed by atoms with Gasteiger partial charge in [0.05, 0.1) is 0 Å². The Morgan fingerprint density at radius 1 is 1.06 bits per heavy atom. The van der Waals surface area contributed by atoms with Crippen molar-refractivity contribution in [1.29, 1.82) is 0 Å². The molecule has 1 aliphatic carbocycles. The highest BCUT2D eigenvalue weighted by Crippen LogP contribution is 2.44. The standard InChI is InChI=1S/C25H23BrFNO3/c26-18-10-16(11-19(27)12-18)9-17(14-29)13-28-25(30)31-15-24-22-7-3-1-5-20(22)21-6-2-4-8-23(21)24/h1-8,10-12,17,24,29H,9,13-15H2,(H,28,30). The van der Waals surface area contributed by atoms with Crippen molar-refractivity contribution in [2.75, 3.05) is 19.8 Å². The minimum absolute atomic E-state index is 0.00330. The van der Waals surface area contributed by atoms with Gasteiger partial charge in [-0.2, -0.15) is 0 Å². The van der Waals surface area contributed by atoms with E-state index in [0.29, 0.717) is 10.9 Å². The number of alkyl carbamates (subject to hydrolysis) is 1. The first-order valence-electron chi connectivity index (χ1n) is 10.2. The van der Waals surface area contributed by atoms with Crippen LogP contribution in [-0.2, 0) is 11.2 Å². The molecule has 31 heavy (non-hydrogen) atoms. The van der Waals surface area contributed by atoms with Gasteiger partial charge in [-0.3, -0.25) is 0 Å². The van der Waals surface area contributed by atoms with E-state index in [0.717, 1.165) is 16.7 Å². The summed E-state index contributed by atoms with van der Waals surface area (Å²) in [4.78, 5) is 12.3. The van der Waals surface area contributed by atoms with Crippen LogP contribution < -0.4 is 5.32 Å². The van der Waals surface area contributed by atoms with Crippen LogP contribution in [0.2, 0.25) is 0 Å². The van der Waals surface area contributed by atoms with Crippen molar-refractivity contribution in [3.63, 3.8) is 0 Å². The molecule has 3 aromatic rings. The van der Waals surface area contributed by atoms with Crippen molar-refractivity contribution >= 4 is 22.0 Å². The summed E-state index contributed by atoms with van der Waals surface area (Å²) in [5, 5.41) is 12.4. The number of fused-ring (bicyclic) bond motifs is 3. The summed E-state index contributed by atoms with van der Waals surface area (Å²) in [7, 11) is 0. The van der Waals surface area contributed by atoms with E-state index in [1.165, 1.54) is 23.3 Å². The largest absolute Gasteiger partial charge is 0.449 e. The number of hydrogen-bond donors (Lipinski definition) is 2. The second kappa shape index (κ2) is 9.62. The lowest BCUT2D eigenvalue weighted by Gasteiger charge is -2.17. The molecule has 0 aliphatic heterocycles. The number of ether oxygens (including phenoxy) is 1. The summed E-state index contributed by atoms with van der Waals surface area (Å²) < 4.78 is 19.7. The molecule has 1 unspecified atom stereocenters. The quantitative estimate of drug-likeness (QED) is 0.480. The molecule has 0 saturated carbocycles. The van der Waals surface area contributed by atoms with Crippen molar-refractivity contribution in [3.8, 4) is 11.1 Å². The average molecular weight is 484 g/mol. The van der Waals surface area contributed by atoms with Crippen molar-refractivity contribution in [2.45, 2.75) is 12.3 Å². The molecule has 0 bridgehead atoms. The van der Waals surface area contributed by atoms with Crippen LogP contribution in [0.15, 0.2) is 71.2 Å². The summed E-state index contributed by atoms with van der Waals surface area (Å²) in [5.41, 5.74) is 5.41. The van der Waals surface area contributed by atoms with Crippen LogP contribution in [0.1, 0.15) is 22.6 Å². The maximum Gasteiger partial charge on any atom is 0.407 e. The number of halogens is 2. The maximum absolute atomic E-state index is 13.6. The van der Waals surface area contributed by atoms with Gasteiger partial charge in [-0.1, -0.05) is 64.5 Å². The number of amides is 1. The number of carbonyl (C=O) groups excluding carboxylic acids is 1. The fourth-order valence-electron chi connectivity index (χ4n) is 4.14. The Bertz CT molecular complexity index is 1020. The Morgan fingerprint density at radius 2 is 1.71 bits per heavy atom.